The van der Waals surface area contributed by atoms with Gasteiger partial charge in [-0.15, -0.1) is 0 Å². The first-order valence-corrected chi connectivity index (χ1v) is 16.6. The van der Waals surface area contributed by atoms with E-state index in [1.807, 2.05) is 49.4 Å². The van der Waals surface area contributed by atoms with E-state index in [9.17, 15) is 21.6 Å². The van der Waals surface area contributed by atoms with Crippen molar-refractivity contribution in [2.75, 3.05) is 22.0 Å². The summed E-state index contributed by atoms with van der Waals surface area (Å²) in [5.41, 5.74) is 10.6. The summed E-state index contributed by atoms with van der Waals surface area (Å²) in [4.78, 5) is 17.4. The number of nitrogens with zero attached hydrogens (tertiary/aromatic N) is 3. The van der Waals surface area contributed by atoms with Gasteiger partial charge in [0.05, 0.1) is 35.1 Å². The fourth-order valence-electron chi connectivity index (χ4n) is 4.17. The molecule has 41 heavy (non-hydrogen) atoms. The van der Waals surface area contributed by atoms with E-state index in [1.54, 1.807) is 6.92 Å². The molecule has 1 aromatic heterocycles. The van der Waals surface area contributed by atoms with Crippen molar-refractivity contribution in [1.29, 1.82) is 0 Å². The standard InChI is InChI=1S/C21H24N4O5S2.C8H11N/c1-5-16-8-6-7-9-20(16)22-14-19-15(2)23-24(21(19)26)17-10-12-18(13-11-17)25(31(3,27)28)32(4,29)30;1-2-7-5-3-4-6-8(7)9/h6-14,23H,5H2,1-4H3;3-6H,2,9H2,1H3. The number of para-hydroxylation sites is 2. The number of benzene rings is 3. The van der Waals surface area contributed by atoms with Crippen LogP contribution in [0.5, 0.6) is 0 Å². The van der Waals surface area contributed by atoms with Gasteiger partial charge in [-0.1, -0.05) is 50.2 Å². The lowest BCUT2D eigenvalue weighted by atomic mass is 10.1. The highest BCUT2D eigenvalue weighted by Gasteiger charge is 2.27. The van der Waals surface area contributed by atoms with Gasteiger partial charge < -0.3 is 5.73 Å². The van der Waals surface area contributed by atoms with Gasteiger partial charge in [-0.05, 0) is 67.3 Å². The lowest BCUT2D eigenvalue weighted by Crippen LogP contribution is -2.35. The van der Waals surface area contributed by atoms with Gasteiger partial charge in [0.25, 0.3) is 5.56 Å². The number of nitrogens with one attached hydrogen (secondary N) is 1. The first-order chi connectivity index (χ1) is 19.3. The third-order valence-electron chi connectivity index (χ3n) is 6.18. The second-order valence-electron chi connectivity index (χ2n) is 9.32. The van der Waals surface area contributed by atoms with Crippen molar-refractivity contribution in [2.45, 2.75) is 33.6 Å². The number of aliphatic imine (C=N–C) groups is 1. The molecule has 0 fully saturated rings. The van der Waals surface area contributed by atoms with Crippen LogP contribution in [0.2, 0.25) is 0 Å². The molecule has 3 N–H and O–H groups in total. The SMILES string of the molecule is CCc1ccccc1N.CCc1ccccc1N=Cc1c(C)[nH]n(-c2ccc(N(S(C)(=O)=O)S(C)(=O)=O)cc2)c1=O. The summed E-state index contributed by atoms with van der Waals surface area (Å²) in [6, 6.07) is 21.2. The van der Waals surface area contributed by atoms with Crippen LogP contribution >= 0.6 is 0 Å². The van der Waals surface area contributed by atoms with Gasteiger partial charge in [0.15, 0.2) is 0 Å². The first kappa shape index (κ1) is 31.4. The normalized spacial score (nSPS) is 11.7. The summed E-state index contributed by atoms with van der Waals surface area (Å²) in [5, 5.41) is 2.97. The average Bonchev–Trinajstić information content (AvgIpc) is 3.19. The van der Waals surface area contributed by atoms with E-state index in [0.29, 0.717) is 20.7 Å². The zero-order valence-corrected chi connectivity index (χ0v) is 25.3. The van der Waals surface area contributed by atoms with Crippen molar-refractivity contribution in [3.05, 3.63) is 106 Å². The molecule has 0 aliphatic heterocycles. The highest BCUT2D eigenvalue weighted by Crippen LogP contribution is 2.23. The quantitative estimate of drug-likeness (QED) is 0.228. The van der Waals surface area contributed by atoms with Crippen LogP contribution in [-0.2, 0) is 32.9 Å². The molecule has 0 saturated heterocycles. The van der Waals surface area contributed by atoms with Crippen molar-refractivity contribution >= 4 is 43.3 Å². The van der Waals surface area contributed by atoms with Crippen LogP contribution in [0.1, 0.15) is 36.2 Å². The van der Waals surface area contributed by atoms with E-state index >= 15 is 0 Å². The average molecular weight is 598 g/mol. The highest BCUT2D eigenvalue weighted by atomic mass is 32.3. The molecule has 0 aliphatic carbocycles. The first-order valence-electron chi connectivity index (χ1n) is 12.9. The predicted octanol–water partition coefficient (Wildman–Crippen LogP) is 4.34. The smallest absolute Gasteiger partial charge is 0.280 e. The molecule has 12 heteroatoms. The Morgan fingerprint density at radius 2 is 1.39 bits per heavy atom. The number of aromatic amines is 1. The van der Waals surface area contributed by atoms with Crippen LogP contribution in [-0.4, -0.2) is 45.3 Å². The van der Waals surface area contributed by atoms with E-state index in [0.717, 1.165) is 42.3 Å². The molecular formula is C29H35N5O5S2. The molecule has 0 radical (unpaired) electrons. The number of anilines is 2. The Labute approximate surface area is 241 Å². The number of hydrogen-bond donors (Lipinski definition) is 2. The van der Waals surface area contributed by atoms with Crippen LogP contribution in [0.4, 0.5) is 17.1 Å². The van der Waals surface area contributed by atoms with Crippen LogP contribution in [0.25, 0.3) is 5.69 Å². The maximum absolute atomic E-state index is 12.9. The number of nitrogen functional groups attached to an aromatic ring is 1. The summed E-state index contributed by atoms with van der Waals surface area (Å²) in [7, 11) is -8.10. The zero-order chi connectivity index (χ0) is 30.4. The van der Waals surface area contributed by atoms with E-state index in [-0.39, 0.29) is 11.2 Å². The Kier molecular flexibility index (Phi) is 9.95. The maximum Gasteiger partial charge on any atom is 0.280 e. The molecule has 0 aliphatic rings. The summed E-state index contributed by atoms with van der Waals surface area (Å²) in [5.74, 6) is 0. The molecule has 10 nitrogen and oxygen atoms in total. The number of hydrogen-bond acceptors (Lipinski definition) is 7. The van der Waals surface area contributed by atoms with Gasteiger partial charge in [-0.25, -0.2) is 21.5 Å². The van der Waals surface area contributed by atoms with Gasteiger partial charge in [-0.3, -0.25) is 14.9 Å². The van der Waals surface area contributed by atoms with Gasteiger partial charge in [0.2, 0.25) is 20.0 Å². The maximum atomic E-state index is 12.9. The summed E-state index contributed by atoms with van der Waals surface area (Å²) >= 11 is 0. The van der Waals surface area contributed by atoms with Gasteiger partial charge >= 0.3 is 0 Å². The summed E-state index contributed by atoms with van der Waals surface area (Å²) < 4.78 is 49.4. The van der Waals surface area contributed by atoms with Crippen molar-refractivity contribution in [3.63, 3.8) is 0 Å². The molecule has 0 bridgehead atoms. The number of nitrogens with two attached hydrogens (primary N) is 1. The van der Waals surface area contributed by atoms with E-state index in [2.05, 4.69) is 23.1 Å². The van der Waals surface area contributed by atoms with Crippen molar-refractivity contribution < 1.29 is 16.8 Å². The molecule has 0 atom stereocenters. The topological polar surface area (TPSA) is 148 Å². The van der Waals surface area contributed by atoms with E-state index in [1.165, 1.54) is 40.7 Å². The van der Waals surface area contributed by atoms with Gasteiger partial charge in [0, 0.05) is 17.6 Å². The fraction of sp³-hybridized carbons (Fsp3) is 0.241. The van der Waals surface area contributed by atoms with Crippen LogP contribution in [0.15, 0.2) is 82.6 Å². The third kappa shape index (κ3) is 7.74. The highest BCUT2D eigenvalue weighted by molar-refractivity contribution is 8.09. The molecule has 4 aromatic rings. The Morgan fingerprint density at radius 1 is 0.854 bits per heavy atom. The van der Waals surface area contributed by atoms with Gasteiger partial charge in [-0.2, -0.15) is 3.71 Å². The molecule has 0 spiro atoms. The third-order valence-corrected chi connectivity index (χ3v) is 9.43. The number of H-pyrrole nitrogens is 1. The molecule has 0 unspecified atom stereocenters. The minimum Gasteiger partial charge on any atom is -0.399 e. The molecule has 218 valence electrons. The van der Waals surface area contributed by atoms with Crippen LogP contribution < -0.4 is 15.0 Å². The predicted molar refractivity (Wildman–Crippen MR) is 167 cm³/mol. The van der Waals surface area contributed by atoms with Crippen molar-refractivity contribution in [3.8, 4) is 5.69 Å². The largest absolute Gasteiger partial charge is 0.399 e. The zero-order valence-electron chi connectivity index (χ0n) is 23.7. The molecule has 1 heterocycles. The Morgan fingerprint density at radius 3 is 1.90 bits per heavy atom. The number of aromatic nitrogens is 2. The molecule has 4 rings (SSSR count). The monoisotopic (exact) mass is 597 g/mol. The Bertz CT molecular complexity index is 1770. The van der Waals surface area contributed by atoms with E-state index < -0.39 is 20.0 Å². The molecule has 0 saturated carbocycles. The Hall–Kier alpha value is -4.16. The second kappa shape index (κ2) is 13.0. The molecule has 3 aromatic carbocycles. The number of sulfonamides is 2. The van der Waals surface area contributed by atoms with E-state index in [4.69, 9.17) is 5.73 Å². The second-order valence-corrected chi connectivity index (χ2v) is 13.2. The fourth-order valence-corrected chi connectivity index (χ4v) is 7.15. The van der Waals surface area contributed by atoms with Crippen LogP contribution in [0, 0.1) is 6.92 Å². The summed E-state index contributed by atoms with van der Waals surface area (Å²) in [6.07, 6.45) is 4.97. The van der Waals surface area contributed by atoms with Crippen molar-refractivity contribution in [1.82, 2.24) is 9.78 Å². The lowest BCUT2D eigenvalue weighted by Gasteiger charge is -2.19. The minimum absolute atomic E-state index is 0.0481. The minimum atomic E-state index is -4.05. The number of aryl methyl sites for hydroxylation is 3. The number of rotatable bonds is 8. The lowest BCUT2D eigenvalue weighted by molar-refractivity contribution is 0.590. The Balaban J connectivity index is 0.000000436. The molecule has 0 amide bonds. The van der Waals surface area contributed by atoms with Crippen LogP contribution in [0.3, 0.4) is 0 Å². The van der Waals surface area contributed by atoms with Gasteiger partial charge in [0.1, 0.15) is 0 Å². The molecular weight excluding hydrogens is 562 g/mol. The van der Waals surface area contributed by atoms with Crippen molar-refractivity contribution in [2.24, 2.45) is 4.99 Å². The summed E-state index contributed by atoms with van der Waals surface area (Å²) in [6.45, 7) is 5.88.